The van der Waals surface area contributed by atoms with Gasteiger partial charge in [-0.2, -0.15) is 10.2 Å². The Bertz CT molecular complexity index is 1500. The molecule has 2 aliphatic carbocycles. The predicted molar refractivity (Wildman–Crippen MR) is 130 cm³/mol. The van der Waals surface area contributed by atoms with Crippen LogP contribution in [-0.4, -0.2) is 49.4 Å². The number of amides is 2. The van der Waals surface area contributed by atoms with Crippen molar-refractivity contribution in [1.82, 2.24) is 24.5 Å². The average molecular weight is 508 g/mol. The van der Waals surface area contributed by atoms with E-state index in [9.17, 15) is 14.0 Å². The maximum Gasteiger partial charge on any atom is 0.298 e. The summed E-state index contributed by atoms with van der Waals surface area (Å²) in [6, 6.07) is 4.18. The van der Waals surface area contributed by atoms with E-state index in [-0.39, 0.29) is 35.3 Å². The van der Waals surface area contributed by atoms with E-state index >= 15 is 0 Å². The van der Waals surface area contributed by atoms with Gasteiger partial charge in [0.2, 0.25) is 0 Å². The first kappa shape index (κ1) is 22.6. The van der Waals surface area contributed by atoms with Crippen molar-refractivity contribution >= 4 is 29.2 Å². The van der Waals surface area contributed by atoms with Crippen LogP contribution in [0.2, 0.25) is 5.02 Å². The maximum atomic E-state index is 13.6. The Morgan fingerprint density at radius 1 is 1.36 bits per heavy atom. The van der Waals surface area contributed by atoms with Gasteiger partial charge < -0.3 is 16.4 Å². The number of benzene rings is 1. The fourth-order valence-electron chi connectivity index (χ4n) is 6.28. The molecular weight excluding hydrogens is 485 g/mol. The Balaban J connectivity index is 1.25. The zero-order valence-corrected chi connectivity index (χ0v) is 20.2. The van der Waals surface area contributed by atoms with E-state index in [1.807, 2.05) is 4.90 Å². The lowest BCUT2D eigenvalue weighted by Gasteiger charge is -2.37. The van der Waals surface area contributed by atoms with Crippen LogP contribution in [0.3, 0.4) is 0 Å². The Kier molecular flexibility index (Phi) is 4.92. The smallest absolute Gasteiger partial charge is 0.298 e. The third kappa shape index (κ3) is 3.23. The number of carbonyl (C=O) groups excluding carboxylic acids is 2. The number of nitrogens with zero attached hydrogens (tertiary/aromatic N) is 5. The summed E-state index contributed by atoms with van der Waals surface area (Å²) in [5, 5.41) is 9.47. The first-order valence-electron chi connectivity index (χ1n) is 11.6. The van der Waals surface area contributed by atoms with Gasteiger partial charge in [-0.15, -0.1) is 0 Å². The van der Waals surface area contributed by atoms with E-state index in [1.165, 1.54) is 18.2 Å². The van der Waals surface area contributed by atoms with E-state index in [0.29, 0.717) is 46.8 Å². The van der Waals surface area contributed by atoms with Gasteiger partial charge in [0.05, 0.1) is 18.8 Å². The number of aromatic nitrogens is 4. The van der Waals surface area contributed by atoms with Gasteiger partial charge in [-0.3, -0.25) is 14.3 Å². The molecule has 2 saturated carbocycles. The van der Waals surface area contributed by atoms with Gasteiger partial charge in [-0.1, -0.05) is 17.5 Å². The Labute approximate surface area is 211 Å². The monoisotopic (exact) mass is 507 g/mol. The number of fused-ring (bicyclic) bond motifs is 1. The number of rotatable bonds is 5. The van der Waals surface area contributed by atoms with Gasteiger partial charge in [0.25, 0.3) is 11.8 Å². The van der Waals surface area contributed by atoms with Crippen molar-refractivity contribution in [3.8, 4) is 23.1 Å². The van der Waals surface area contributed by atoms with E-state index < -0.39 is 11.7 Å². The molecule has 4 atom stereocenters. The number of hydrogen-bond acceptors (Lipinski definition) is 5. The minimum Gasteiger partial charge on any atom is -0.383 e. The van der Waals surface area contributed by atoms with E-state index in [2.05, 4.69) is 16.9 Å². The van der Waals surface area contributed by atoms with E-state index in [4.69, 9.17) is 28.2 Å². The highest BCUT2D eigenvalue weighted by Gasteiger charge is 2.79. The second kappa shape index (κ2) is 7.83. The number of primary amides is 1. The Hall–Kier alpha value is -3.84. The summed E-state index contributed by atoms with van der Waals surface area (Å²) in [5.74, 6) is 5.05. The van der Waals surface area contributed by atoms with Gasteiger partial charge in [-0.25, -0.2) is 9.07 Å². The van der Waals surface area contributed by atoms with Crippen LogP contribution in [-0.2, 0) is 11.3 Å². The lowest BCUT2D eigenvalue weighted by Crippen LogP contribution is -2.40. The summed E-state index contributed by atoms with van der Waals surface area (Å²) in [5.41, 5.74) is 13.8. The summed E-state index contributed by atoms with van der Waals surface area (Å²) in [7, 11) is 0. The number of nitrogens with two attached hydrogens (primary N) is 2. The number of nitrogen functional groups attached to an aromatic ring is 1. The lowest BCUT2D eigenvalue weighted by molar-refractivity contribution is -0.125. The van der Waals surface area contributed by atoms with Crippen LogP contribution in [0.15, 0.2) is 30.6 Å². The minimum atomic E-state index is -0.672. The van der Waals surface area contributed by atoms with Crippen LogP contribution in [0.4, 0.5) is 10.2 Å². The lowest BCUT2D eigenvalue weighted by atomic mass is 9.80. The second-order valence-corrected chi connectivity index (χ2v) is 10.2. The number of carbonyl (C=O) groups is 2. The van der Waals surface area contributed by atoms with Gasteiger partial charge in [-0.05, 0) is 54.9 Å². The van der Waals surface area contributed by atoms with Crippen LogP contribution in [0.5, 0.6) is 0 Å². The molecule has 9 nitrogen and oxygen atoms in total. The van der Waals surface area contributed by atoms with Crippen molar-refractivity contribution in [3.63, 3.8) is 0 Å². The van der Waals surface area contributed by atoms with Crippen molar-refractivity contribution in [1.29, 1.82) is 0 Å². The fourth-order valence-corrected chi connectivity index (χ4v) is 6.46. The van der Waals surface area contributed by atoms with Crippen molar-refractivity contribution in [2.24, 2.45) is 23.0 Å². The molecule has 6 rings (SSSR count). The predicted octanol–water partition coefficient (Wildman–Crippen LogP) is 2.31. The highest BCUT2D eigenvalue weighted by atomic mass is 35.5. The molecule has 3 aliphatic rings. The number of anilines is 1. The molecule has 0 bridgehead atoms. The van der Waals surface area contributed by atoms with Gasteiger partial charge in [0, 0.05) is 35.3 Å². The summed E-state index contributed by atoms with van der Waals surface area (Å²) in [6.45, 7) is 3.27. The maximum absolute atomic E-state index is 13.6. The van der Waals surface area contributed by atoms with Crippen LogP contribution in [0, 0.1) is 34.9 Å². The topological polar surface area (TPSA) is 125 Å². The van der Waals surface area contributed by atoms with Crippen molar-refractivity contribution in [2.45, 2.75) is 25.9 Å². The Morgan fingerprint density at radius 3 is 2.89 bits per heavy atom. The highest BCUT2D eigenvalue weighted by Crippen LogP contribution is 2.79. The quantitative estimate of drug-likeness (QED) is 0.513. The standard InChI is InChI=1S/C25H23ClFN7O2/c1-2-3-19(35)32-11-16-21-18(7-25(16,21)12-32)34-23(28)20(24(29)36)22(31-34)14-8-30-33(10-14)9-13-6-15(27)4-5-17(13)26/h4-6,8,10,16,18,21H,7,9,11-12,28H2,1H3,(H2,29,36)/t16?,18-,21-,25+/m1/s1. The van der Waals surface area contributed by atoms with Crippen LogP contribution in [0.25, 0.3) is 11.3 Å². The molecule has 1 unspecified atom stereocenters. The molecule has 3 aromatic rings. The molecule has 36 heavy (non-hydrogen) atoms. The normalized spacial score (nSPS) is 25.4. The molecule has 1 aliphatic heterocycles. The molecular formula is C25H23ClFN7O2. The summed E-state index contributed by atoms with van der Waals surface area (Å²) < 4.78 is 16.9. The molecule has 3 heterocycles. The molecule has 3 fully saturated rings. The van der Waals surface area contributed by atoms with E-state index in [1.54, 1.807) is 28.7 Å². The first-order valence-corrected chi connectivity index (χ1v) is 12.0. The third-order valence-electron chi connectivity index (χ3n) is 7.91. The highest BCUT2D eigenvalue weighted by molar-refractivity contribution is 6.31. The zero-order chi connectivity index (χ0) is 25.4. The van der Waals surface area contributed by atoms with Crippen LogP contribution >= 0.6 is 11.6 Å². The average Bonchev–Trinajstić information content (AvgIpc) is 3.31. The molecule has 184 valence electrons. The molecule has 1 spiro atoms. The van der Waals surface area contributed by atoms with Crippen molar-refractivity contribution < 1.29 is 14.0 Å². The van der Waals surface area contributed by atoms with Gasteiger partial charge in [0.15, 0.2) is 0 Å². The number of hydrogen-bond donors (Lipinski definition) is 2. The zero-order valence-electron chi connectivity index (χ0n) is 19.4. The Morgan fingerprint density at radius 2 is 2.17 bits per heavy atom. The molecule has 2 aromatic heterocycles. The fraction of sp³-hybridized carbons (Fsp3) is 0.360. The molecule has 11 heteroatoms. The summed E-state index contributed by atoms with van der Waals surface area (Å²) in [6.07, 6.45) is 4.09. The number of halogens is 2. The molecule has 1 aromatic carbocycles. The number of piperidine rings is 1. The molecule has 1 saturated heterocycles. The SMILES string of the molecule is CC#CC(=O)N1CC2[C@@H]3[C@H](n4nc(-c5cnn(Cc6cc(F)ccc6Cl)c5)c(C(N)=O)c4N)C[C@]23C1. The summed E-state index contributed by atoms with van der Waals surface area (Å²) >= 11 is 6.19. The largest absolute Gasteiger partial charge is 0.383 e. The summed E-state index contributed by atoms with van der Waals surface area (Å²) in [4.78, 5) is 26.3. The molecule has 4 N–H and O–H groups in total. The van der Waals surface area contributed by atoms with Gasteiger partial charge in [0.1, 0.15) is 22.9 Å². The third-order valence-corrected chi connectivity index (χ3v) is 8.28. The first-order chi connectivity index (χ1) is 17.2. The molecule has 2 amide bonds. The van der Waals surface area contributed by atoms with E-state index in [0.717, 1.165) is 6.42 Å². The minimum absolute atomic E-state index is 0.0394. The van der Waals surface area contributed by atoms with Crippen LogP contribution in [0.1, 0.15) is 35.3 Å². The van der Waals surface area contributed by atoms with Crippen molar-refractivity contribution in [3.05, 3.63) is 52.6 Å². The molecule has 0 radical (unpaired) electrons. The van der Waals surface area contributed by atoms with Crippen molar-refractivity contribution in [2.75, 3.05) is 18.8 Å². The second-order valence-electron chi connectivity index (χ2n) is 9.78. The number of likely N-dealkylation sites (tertiary alicyclic amines) is 1. The van der Waals surface area contributed by atoms with Crippen LogP contribution < -0.4 is 11.5 Å². The van der Waals surface area contributed by atoms with Gasteiger partial charge >= 0.3 is 0 Å².